The van der Waals surface area contributed by atoms with Gasteiger partial charge in [0.25, 0.3) is 0 Å². The molecule has 0 radical (unpaired) electrons. The van der Waals surface area contributed by atoms with Gasteiger partial charge in [0.05, 0.1) is 6.04 Å². The van der Waals surface area contributed by atoms with Gasteiger partial charge in [-0.3, -0.25) is 4.98 Å². The van der Waals surface area contributed by atoms with Crippen LogP contribution >= 0.6 is 0 Å². The molecule has 0 aliphatic rings. The van der Waals surface area contributed by atoms with Gasteiger partial charge in [0.1, 0.15) is 10.4 Å². The van der Waals surface area contributed by atoms with Crippen molar-refractivity contribution in [2.45, 2.75) is 51.3 Å². The Bertz CT molecular complexity index is 1200. The van der Waals surface area contributed by atoms with E-state index in [0.717, 1.165) is 45.6 Å². The third kappa shape index (κ3) is 4.88. The van der Waals surface area contributed by atoms with Crippen LogP contribution < -0.4 is 4.72 Å². The first kappa shape index (κ1) is 22.5. The van der Waals surface area contributed by atoms with Crippen molar-refractivity contribution >= 4 is 22.3 Å². The summed E-state index contributed by atoms with van der Waals surface area (Å²) in [7, 11) is 0. The number of fused-ring (bicyclic) bond motifs is 1. The van der Waals surface area contributed by atoms with Crippen LogP contribution in [0.5, 0.6) is 0 Å². The number of nitrogens with one attached hydrogen (secondary N) is 1. The first-order chi connectivity index (χ1) is 15.4. The second-order valence-corrected chi connectivity index (χ2v) is 10.8. The van der Waals surface area contributed by atoms with Gasteiger partial charge in [-0.05, 0) is 57.0 Å². The third-order valence-electron chi connectivity index (χ3n) is 5.41. The van der Waals surface area contributed by atoms with Gasteiger partial charge in [0, 0.05) is 40.1 Å². The number of hydrogen-bond donors (Lipinski definition) is 1. The molecule has 0 bridgehead atoms. The SMILES string of the molecule is CCc1cccc(CC(N[S@@+]([O-])C(C)(C)C)c2ccccc2-c2noc3ccccc23)n1. The predicted octanol–water partition coefficient (Wildman–Crippen LogP) is 5.79. The van der Waals surface area contributed by atoms with E-state index in [4.69, 9.17) is 9.51 Å². The van der Waals surface area contributed by atoms with E-state index >= 15 is 0 Å². The number of nitrogens with zero attached hydrogens (tertiary/aromatic N) is 2. The van der Waals surface area contributed by atoms with Crippen LogP contribution in [0.4, 0.5) is 0 Å². The van der Waals surface area contributed by atoms with Crippen LogP contribution in [0.2, 0.25) is 0 Å². The van der Waals surface area contributed by atoms with Crippen LogP contribution in [-0.4, -0.2) is 19.4 Å². The molecule has 0 aliphatic heterocycles. The molecule has 2 heterocycles. The Labute approximate surface area is 192 Å². The van der Waals surface area contributed by atoms with Gasteiger partial charge in [-0.2, -0.15) is 0 Å². The molecule has 0 saturated carbocycles. The smallest absolute Gasteiger partial charge is 0.167 e. The summed E-state index contributed by atoms with van der Waals surface area (Å²) in [6.45, 7) is 8.02. The molecule has 166 valence electrons. The Morgan fingerprint density at radius 2 is 1.69 bits per heavy atom. The molecular weight excluding hydrogens is 418 g/mol. The number of aryl methyl sites for hydroxylation is 1. The van der Waals surface area contributed by atoms with Crippen molar-refractivity contribution in [2.75, 3.05) is 0 Å². The van der Waals surface area contributed by atoms with Gasteiger partial charge < -0.3 is 9.08 Å². The molecule has 1 N–H and O–H groups in total. The molecule has 6 heteroatoms. The van der Waals surface area contributed by atoms with Gasteiger partial charge in [0.15, 0.2) is 5.58 Å². The number of benzene rings is 2. The lowest BCUT2D eigenvalue weighted by Crippen LogP contribution is -2.42. The van der Waals surface area contributed by atoms with E-state index in [1.165, 1.54) is 0 Å². The fourth-order valence-electron chi connectivity index (χ4n) is 3.67. The van der Waals surface area contributed by atoms with Gasteiger partial charge >= 0.3 is 0 Å². The molecule has 2 aromatic heterocycles. The summed E-state index contributed by atoms with van der Waals surface area (Å²) in [6, 6.07) is 21.9. The van der Waals surface area contributed by atoms with Crippen molar-refractivity contribution in [3.63, 3.8) is 0 Å². The molecule has 4 rings (SSSR count). The Hall–Kier alpha value is -2.67. The summed E-state index contributed by atoms with van der Waals surface area (Å²) < 4.78 is 21.7. The normalized spacial score (nSPS) is 13.9. The molecule has 0 spiro atoms. The van der Waals surface area contributed by atoms with E-state index < -0.39 is 16.1 Å². The molecule has 1 unspecified atom stereocenters. The summed E-state index contributed by atoms with van der Waals surface area (Å²) in [5, 5.41) is 5.34. The second-order valence-electron chi connectivity index (χ2n) is 8.84. The molecule has 2 aromatic carbocycles. The van der Waals surface area contributed by atoms with Gasteiger partial charge in [-0.25, -0.2) is 0 Å². The highest BCUT2D eigenvalue weighted by Crippen LogP contribution is 2.35. The Kier molecular flexibility index (Phi) is 6.65. The number of aromatic nitrogens is 2. The number of hydrogen-bond acceptors (Lipinski definition) is 5. The van der Waals surface area contributed by atoms with Crippen molar-refractivity contribution in [2.24, 2.45) is 0 Å². The summed E-state index contributed by atoms with van der Waals surface area (Å²) >= 11 is -1.25. The summed E-state index contributed by atoms with van der Waals surface area (Å²) in [6.07, 6.45) is 1.49. The molecule has 0 fully saturated rings. The van der Waals surface area contributed by atoms with Gasteiger partial charge in [-0.15, -0.1) is 4.72 Å². The fourth-order valence-corrected chi connectivity index (χ4v) is 4.49. The van der Waals surface area contributed by atoms with E-state index in [2.05, 4.69) is 22.9 Å². The second kappa shape index (κ2) is 9.45. The van der Waals surface area contributed by atoms with Crippen LogP contribution in [0.25, 0.3) is 22.2 Å². The molecule has 32 heavy (non-hydrogen) atoms. The maximum Gasteiger partial charge on any atom is 0.167 e. The van der Waals surface area contributed by atoms with Crippen molar-refractivity contribution in [3.8, 4) is 11.3 Å². The van der Waals surface area contributed by atoms with E-state index in [1.807, 2.05) is 81.4 Å². The number of rotatable bonds is 7. The summed E-state index contributed by atoms with van der Waals surface area (Å²) in [4.78, 5) is 4.80. The van der Waals surface area contributed by atoms with Crippen molar-refractivity contribution in [3.05, 3.63) is 83.7 Å². The first-order valence-corrected chi connectivity index (χ1v) is 12.1. The predicted molar refractivity (Wildman–Crippen MR) is 131 cm³/mol. The average molecular weight is 448 g/mol. The Balaban J connectivity index is 1.79. The zero-order valence-electron chi connectivity index (χ0n) is 19.0. The maximum absolute atomic E-state index is 13.1. The van der Waals surface area contributed by atoms with E-state index in [1.54, 1.807) is 0 Å². The minimum atomic E-state index is -1.25. The molecule has 2 atom stereocenters. The number of pyridine rings is 1. The molecule has 4 aromatic rings. The lowest BCUT2D eigenvalue weighted by molar-refractivity contribution is 0.459. The zero-order valence-corrected chi connectivity index (χ0v) is 19.8. The zero-order chi connectivity index (χ0) is 22.7. The van der Waals surface area contributed by atoms with Crippen LogP contribution in [0, 0.1) is 0 Å². The standard InChI is InChI=1S/C26H29N3O2S/c1-5-18-11-10-12-19(27-18)17-23(29-32(30)26(2,3)4)20-13-6-7-14-21(20)25-22-15-8-9-16-24(22)31-28-25/h6-16,23,29H,5,17H2,1-4H3/t23?,32-/m0/s1. The summed E-state index contributed by atoms with van der Waals surface area (Å²) in [5.41, 5.74) is 5.54. The lowest BCUT2D eigenvalue weighted by atomic mass is 9.94. The van der Waals surface area contributed by atoms with E-state index in [-0.39, 0.29) is 6.04 Å². The minimum absolute atomic E-state index is 0.207. The lowest BCUT2D eigenvalue weighted by Gasteiger charge is -2.29. The molecule has 5 nitrogen and oxygen atoms in total. The molecule has 0 saturated heterocycles. The third-order valence-corrected chi connectivity index (χ3v) is 7.03. The summed E-state index contributed by atoms with van der Waals surface area (Å²) in [5.74, 6) is 0. The Morgan fingerprint density at radius 3 is 2.47 bits per heavy atom. The van der Waals surface area contributed by atoms with Crippen molar-refractivity contribution < 1.29 is 9.08 Å². The monoisotopic (exact) mass is 447 g/mol. The van der Waals surface area contributed by atoms with Crippen LogP contribution in [0.15, 0.2) is 71.3 Å². The number of para-hydroxylation sites is 1. The van der Waals surface area contributed by atoms with Crippen LogP contribution in [-0.2, 0) is 24.2 Å². The topological polar surface area (TPSA) is 74.0 Å². The van der Waals surface area contributed by atoms with Gasteiger partial charge in [0.2, 0.25) is 0 Å². The maximum atomic E-state index is 13.1. The molecule has 0 amide bonds. The highest BCUT2D eigenvalue weighted by Gasteiger charge is 2.31. The van der Waals surface area contributed by atoms with E-state index in [0.29, 0.717) is 6.42 Å². The van der Waals surface area contributed by atoms with Crippen molar-refractivity contribution in [1.29, 1.82) is 0 Å². The van der Waals surface area contributed by atoms with Gasteiger partial charge in [-0.1, -0.05) is 54.5 Å². The van der Waals surface area contributed by atoms with Crippen LogP contribution in [0.1, 0.15) is 50.7 Å². The molecular formula is C26H29N3O2S. The largest absolute Gasteiger partial charge is 0.598 e. The first-order valence-electron chi connectivity index (χ1n) is 10.9. The quantitative estimate of drug-likeness (QED) is 0.363. The minimum Gasteiger partial charge on any atom is -0.598 e. The highest BCUT2D eigenvalue weighted by atomic mass is 32.2. The molecule has 0 aliphatic carbocycles. The van der Waals surface area contributed by atoms with Crippen molar-refractivity contribution in [1.82, 2.24) is 14.9 Å². The Morgan fingerprint density at radius 1 is 0.969 bits per heavy atom. The fraction of sp³-hybridized carbons (Fsp3) is 0.308. The highest BCUT2D eigenvalue weighted by molar-refractivity contribution is 7.90. The van der Waals surface area contributed by atoms with Crippen LogP contribution in [0.3, 0.4) is 0 Å². The van der Waals surface area contributed by atoms with E-state index in [9.17, 15) is 4.55 Å². The average Bonchev–Trinajstić information content (AvgIpc) is 3.22.